The van der Waals surface area contributed by atoms with Crippen molar-refractivity contribution in [1.29, 1.82) is 0 Å². The monoisotopic (exact) mass is 360 g/mol. The number of H-pyrrole nitrogens is 1. The standard InChI is InChI=1S/C19H18F2N2O3/c1-25-17-10-12(6-7-16(17)26-19(20)21)8-9-22-18(24)15-11-13-4-2-3-5-14(13)23-15/h2-7,10-11,19,23H,8-9H2,1H3,(H,22,24). The van der Waals surface area contributed by atoms with Gasteiger partial charge in [-0.1, -0.05) is 24.3 Å². The van der Waals surface area contributed by atoms with Gasteiger partial charge in [0.1, 0.15) is 5.69 Å². The van der Waals surface area contributed by atoms with E-state index in [9.17, 15) is 13.6 Å². The van der Waals surface area contributed by atoms with Crippen molar-refractivity contribution in [2.45, 2.75) is 13.0 Å². The third-order valence-electron chi connectivity index (χ3n) is 3.92. The number of hydrogen-bond donors (Lipinski definition) is 2. The molecule has 0 saturated heterocycles. The Labute approximate surface area is 148 Å². The first-order chi connectivity index (χ1) is 12.6. The van der Waals surface area contributed by atoms with Crippen LogP contribution < -0.4 is 14.8 Å². The summed E-state index contributed by atoms with van der Waals surface area (Å²) in [4.78, 5) is 15.3. The van der Waals surface area contributed by atoms with E-state index in [1.807, 2.05) is 24.3 Å². The Morgan fingerprint density at radius 2 is 1.96 bits per heavy atom. The quantitative estimate of drug-likeness (QED) is 0.674. The summed E-state index contributed by atoms with van der Waals surface area (Å²) in [7, 11) is 1.38. The SMILES string of the molecule is COc1cc(CCNC(=O)c2cc3ccccc3[nH]2)ccc1OC(F)F. The maximum absolute atomic E-state index is 12.3. The molecular formula is C19H18F2N2O3. The molecule has 0 aliphatic rings. The van der Waals surface area contributed by atoms with Crippen LogP contribution in [-0.2, 0) is 6.42 Å². The summed E-state index contributed by atoms with van der Waals surface area (Å²) in [5.74, 6) is 0.00363. The van der Waals surface area contributed by atoms with Gasteiger partial charge in [-0.05, 0) is 36.2 Å². The molecule has 0 saturated carbocycles. The summed E-state index contributed by atoms with van der Waals surface area (Å²) in [5, 5.41) is 3.80. The maximum Gasteiger partial charge on any atom is 0.387 e. The summed E-state index contributed by atoms with van der Waals surface area (Å²) in [6.07, 6.45) is 0.525. The second-order valence-electron chi connectivity index (χ2n) is 5.64. The van der Waals surface area contributed by atoms with E-state index < -0.39 is 6.61 Å². The maximum atomic E-state index is 12.3. The molecule has 0 aliphatic heterocycles. The fourth-order valence-electron chi connectivity index (χ4n) is 2.67. The predicted molar refractivity (Wildman–Crippen MR) is 94.0 cm³/mol. The lowest BCUT2D eigenvalue weighted by molar-refractivity contribution is -0.0512. The van der Waals surface area contributed by atoms with Crippen LogP contribution in [-0.4, -0.2) is 31.2 Å². The third-order valence-corrected chi connectivity index (χ3v) is 3.92. The molecule has 1 aromatic heterocycles. The van der Waals surface area contributed by atoms with Crippen molar-refractivity contribution >= 4 is 16.8 Å². The smallest absolute Gasteiger partial charge is 0.387 e. The molecule has 3 rings (SSSR count). The molecule has 1 heterocycles. The van der Waals surface area contributed by atoms with Crippen molar-refractivity contribution in [2.75, 3.05) is 13.7 Å². The lowest BCUT2D eigenvalue weighted by atomic mass is 10.1. The Kier molecular flexibility index (Phi) is 5.36. The topological polar surface area (TPSA) is 63.3 Å². The minimum atomic E-state index is -2.91. The summed E-state index contributed by atoms with van der Waals surface area (Å²) in [6, 6.07) is 14.1. The molecule has 1 amide bonds. The van der Waals surface area contributed by atoms with E-state index in [1.165, 1.54) is 13.2 Å². The Bertz CT molecular complexity index is 876. The molecule has 0 unspecified atom stereocenters. The van der Waals surface area contributed by atoms with Gasteiger partial charge in [-0.15, -0.1) is 0 Å². The molecule has 0 atom stereocenters. The van der Waals surface area contributed by atoms with Gasteiger partial charge in [0.25, 0.3) is 5.91 Å². The number of rotatable bonds is 7. The number of benzene rings is 2. The summed E-state index contributed by atoms with van der Waals surface area (Å²) >= 11 is 0. The van der Waals surface area contributed by atoms with Crippen LogP contribution in [0.1, 0.15) is 16.1 Å². The molecule has 0 spiro atoms. The number of para-hydroxylation sites is 1. The molecular weight excluding hydrogens is 342 g/mol. The van der Waals surface area contributed by atoms with E-state index >= 15 is 0 Å². The molecule has 5 nitrogen and oxygen atoms in total. The second-order valence-corrected chi connectivity index (χ2v) is 5.64. The first-order valence-electron chi connectivity index (χ1n) is 8.04. The van der Waals surface area contributed by atoms with E-state index in [1.54, 1.807) is 18.2 Å². The molecule has 0 bridgehead atoms. The highest BCUT2D eigenvalue weighted by Gasteiger charge is 2.12. The number of carbonyl (C=O) groups is 1. The van der Waals surface area contributed by atoms with E-state index in [2.05, 4.69) is 15.0 Å². The van der Waals surface area contributed by atoms with Crippen molar-refractivity contribution in [2.24, 2.45) is 0 Å². The number of aromatic amines is 1. The minimum absolute atomic E-state index is 0.0200. The van der Waals surface area contributed by atoms with Crippen LogP contribution in [0.25, 0.3) is 10.9 Å². The Morgan fingerprint density at radius 1 is 1.15 bits per heavy atom. The zero-order chi connectivity index (χ0) is 18.5. The number of ether oxygens (including phenoxy) is 2. The summed E-state index contributed by atoms with van der Waals surface area (Å²) in [6.45, 7) is -2.52. The van der Waals surface area contributed by atoms with Gasteiger partial charge in [0.05, 0.1) is 7.11 Å². The zero-order valence-electron chi connectivity index (χ0n) is 14.1. The van der Waals surface area contributed by atoms with Crippen molar-refractivity contribution < 1.29 is 23.0 Å². The molecule has 2 aromatic carbocycles. The first-order valence-corrected chi connectivity index (χ1v) is 8.04. The average Bonchev–Trinajstić information content (AvgIpc) is 3.06. The number of hydrogen-bond acceptors (Lipinski definition) is 3. The number of fused-ring (bicyclic) bond motifs is 1. The Morgan fingerprint density at radius 3 is 2.69 bits per heavy atom. The van der Waals surface area contributed by atoms with Gasteiger partial charge in [-0.2, -0.15) is 8.78 Å². The molecule has 3 aromatic rings. The molecule has 0 radical (unpaired) electrons. The van der Waals surface area contributed by atoms with Gasteiger partial charge in [0.2, 0.25) is 0 Å². The van der Waals surface area contributed by atoms with Crippen molar-refractivity contribution in [3.63, 3.8) is 0 Å². The molecule has 136 valence electrons. The van der Waals surface area contributed by atoms with Crippen molar-refractivity contribution in [3.05, 3.63) is 59.8 Å². The van der Waals surface area contributed by atoms with Crippen LogP contribution in [0.2, 0.25) is 0 Å². The molecule has 0 aliphatic carbocycles. The van der Waals surface area contributed by atoms with Crippen LogP contribution >= 0.6 is 0 Å². The van der Waals surface area contributed by atoms with Gasteiger partial charge in [-0.25, -0.2) is 0 Å². The third kappa shape index (κ3) is 4.11. The minimum Gasteiger partial charge on any atom is -0.493 e. The fourth-order valence-corrected chi connectivity index (χ4v) is 2.67. The van der Waals surface area contributed by atoms with Crippen LogP contribution in [0, 0.1) is 0 Å². The predicted octanol–water partition coefficient (Wildman–Crippen LogP) is 3.75. The summed E-state index contributed by atoms with van der Waals surface area (Å²) in [5.41, 5.74) is 2.22. The highest BCUT2D eigenvalue weighted by Crippen LogP contribution is 2.29. The van der Waals surface area contributed by atoms with Crippen molar-refractivity contribution in [3.8, 4) is 11.5 Å². The van der Waals surface area contributed by atoms with Crippen LogP contribution in [0.4, 0.5) is 8.78 Å². The van der Waals surface area contributed by atoms with E-state index in [4.69, 9.17) is 4.74 Å². The van der Waals surface area contributed by atoms with E-state index in [0.717, 1.165) is 16.5 Å². The van der Waals surface area contributed by atoms with Gasteiger partial charge >= 0.3 is 6.61 Å². The molecule has 26 heavy (non-hydrogen) atoms. The molecule has 7 heteroatoms. The van der Waals surface area contributed by atoms with Gasteiger partial charge in [0.15, 0.2) is 11.5 Å². The van der Waals surface area contributed by atoms with Crippen LogP contribution in [0.3, 0.4) is 0 Å². The number of alkyl halides is 2. The number of carbonyl (C=O) groups excluding carboxylic acids is 1. The highest BCUT2D eigenvalue weighted by molar-refractivity contribution is 5.97. The van der Waals surface area contributed by atoms with Crippen molar-refractivity contribution in [1.82, 2.24) is 10.3 Å². The highest BCUT2D eigenvalue weighted by atomic mass is 19.3. The number of nitrogens with one attached hydrogen (secondary N) is 2. The molecule has 2 N–H and O–H groups in total. The number of halogens is 2. The second kappa shape index (κ2) is 7.86. The number of methoxy groups -OCH3 is 1. The van der Waals surface area contributed by atoms with Crippen LogP contribution in [0.5, 0.6) is 11.5 Å². The van der Waals surface area contributed by atoms with E-state index in [-0.39, 0.29) is 17.4 Å². The zero-order valence-corrected chi connectivity index (χ0v) is 14.1. The normalized spacial score (nSPS) is 10.9. The largest absolute Gasteiger partial charge is 0.493 e. The lowest BCUT2D eigenvalue weighted by Gasteiger charge is -2.11. The number of aromatic nitrogens is 1. The van der Waals surface area contributed by atoms with Gasteiger partial charge in [0, 0.05) is 17.4 Å². The first kappa shape index (κ1) is 17.7. The Hall–Kier alpha value is -3.09. The van der Waals surface area contributed by atoms with Gasteiger partial charge in [-0.3, -0.25) is 4.79 Å². The number of amides is 1. The van der Waals surface area contributed by atoms with E-state index in [0.29, 0.717) is 18.7 Å². The molecule has 0 fully saturated rings. The Balaban J connectivity index is 1.59. The average molecular weight is 360 g/mol. The fraction of sp³-hybridized carbons (Fsp3) is 0.211. The van der Waals surface area contributed by atoms with Crippen LogP contribution in [0.15, 0.2) is 48.5 Å². The lowest BCUT2D eigenvalue weighted by Crippen LogP contribution is -2.25. The van der Waals surface area contributed by atoms with Gasteiger partial charge < -0.3 is 19.8 Å². The summed E-state index contributed by atoms with van der Waals surface area (Å²) < 4.78 is 34.1.